The molecule has 1 aliphatic rings. The molecule has 4 heteroatoms. The fourth-order valence-corrected chi connectivity index (χ4v) is 2.39. The van der Waals surface area contributed by atoms with Gasteiger partial charge < -0.3 is 16.4 Å². The Morgan fingerprint density at radius 3 is 2.94 bits per heavy atom. The minimum atomic E-state index is -0.101. The van der Waals surface area contributed by atoms with Gasteiger partial charge >= 0.3 is 6.03 Å². The van der Waals surface area contributed by atoms with Gasteiger partial charge in [-0.15, -0.1) is 0 Å². The lowest BCUT2D eigenvalue weighted by molar-refractivity contribution is 0.236. The molecule has 4 nitrogen and oxygen atoms in total. The third-order valence-corrected chi connectivity index (χ3v) is 3.34. The molecule has 0 spiro atoms. The largest absolute Gasteiger partial charge is 0.335 e. The fourth-order valence-electron chi connectivity index (χ4n) is 2.39. The second-order valence-electron chi connectivity index (χ2n) is 5.09. The van der Waals surface area contributed by atoms with E-state index in [-0.39, 0.29) is 18.1 Å². The Morgan fingerprint density at radius 1 is 1.44 bits per heavy atom. The number of hydrogen-bond acceptors (Lipinski definition) is 2. The van der Waals surface area contributed by atoms with Crippen LogP contribution in [0.25, 0.3) is 0 Å². The van der Waals surface area contributed by atoms with Crippen molar-refractivity contribution in [2.45, 2.75) is 44.8 Å². The monoisotopic (exact) mass is 247 g/mol. The standard InChI is InChI=1S/C14H21N3O/c1-10-3-2-4-11(7-10)9-16-14(18)17-13-6-5-12(15)8-13/h2-4,7,12-13H,5-6,8-9,15H2,1H3,(H2,16,17,18)/t12-,13-/m1/s1. The van der Waals surface area contributed by atoms with Crippen molar-refractivity contribution >= 4 is 6.03 Å². The number of hydrogen-bond donors (Lipinski definition) is 3. The van der Waals surface area contributed by atoms with E-state index in [1.165, 1.54) is 5.56 Å². The maximum atomic E-state index is 11.7. The summed E-state index contributed by atoms with van der Waals surface area (Å²) in [6, 6.07) is 8.51. The molecule has 0 bridgehead atoms. The van der Waals surface area contributed by atoms with Crippen molar-refractivity contribution in [3.05, 3.63) is 35.4 Å². The van der Waals surface area contributed by atoms with Crippen molar-refractivity contribution in [3.8, 4) is 0 Å². The van der Waals surface area contributed by atoms with Gasteiger partial charge in [0.25, 0.3) is 0 Å². The molecule has 2 atom stereocenters. The molecule has 18 heavy (non-hydrogen) atoms. The van der Waals surface area contributed by atoms with Gasteiger partial charge in [0, 0.05) is 18.6 Å². The Morgan fingerprint density at radius 2 is 2.28 bits per heavy atom. The summed E-state index contributed by atoms with van der Waals surface area (Å²) in [4.78, 5) is 11.7. The number of rotatable bonds is 3. The first kappa shape index (κ1) is 12.9. The van der Waals surface area contributed by atoms with Crippen molar-refractivity contribution in [1.29, 1.82) is 0 Å². The Kier molecular flexibility index (Phi) is 4.20. The van der Waals surface area contributed by atoms with Gasteiger partial charge in [0.15, 0.2) is 0 Å². The van der Waals surface area contributed by atoms with E-state index in [0.29, 0.717) is 6.54 Å². The van der Waals surface area contributed by atoms with Gasteiger partial charge in [-0.2, -0.15) is 0 Å². The van der Waals surface area contributed by atoms with Gasteiger partial charge in [0.2, 0.25) is 0 Å². The molecule has 2 rings (SSSR count). The maximum absolute atomic E-state index is 11.7. The summed E-state index contributed by atoms with van der Waals surface area (Å²) in [5.74, 6) is 0. The Bertz CT molecular complexity index is 419. The number of nitrogens with two attached hydrogens (primary N) is 1. The highest BCUT2D eigenvalue weighted by molar-refractivity contribution is 5.74. The second-order valence-corrected chi connectivity index (χ2v) is 5.09. The van der Waals surface area contributed by atoms with E-state index in [1.807, 2.05) is 25.1 Å². The predicted octanol–water partition coefficient (Wildman–Crippen LogP) is 1.67. The molecular weight excluding hydrogens is 226 g/mol. The third-order valence-electron chi connectivity index (χ3n) is 3.34. The first-order valence-electron chi connectivity index (χ1n) is 6.49. The lowest BCUT2D eigenvalue weighted by Gasteiger charge is -2.13. The van der Waals surface area contributed by atoms with Crippen LogP contribution in [0, 0.1) is 6.92 Å². The predicted molar refractivity (Wildman–Crippen MR) is 72.2 cm³/mol. The van der Waals surface area contributed by atoms with Crippen molar-refractivity contribution in [2.75, 3.05) is 0 Å². The topological polar surface area (TPSA) is 67.2 Å². The molecule has 1 saturated carbocycles. The average Bonchev–Trinajstić information content (AvgIpc) is 2.72. The van der Waals surface area contributed by atoms with Crippen LogP contribution in [0.2, 0.25) is 0 Å². The third kappa shape index (κ3) is 3.74. The van der Waals surface area contributed by atoms with Crippen molar-refractivity contribution in [2.24, 2.45) is 5.73 Å². The Balaban J connectivity index is 1.75. The quantitative estimate of drug-likeness (QED) is 0.760. The van der Waals surface area contributed by atoms with E-state index in [2.05, 4.69) is 16.7 Å². The van der Waals surface area contributed by atoms with Gasteiger partial charge in [-0.25, -0.2) is 4.79 Å². The summed E-state index contributed by atoms with van der Waals surface area (Å²) < 4.78 is 0. The molecule has 1 aromatic rings. The minimum Gasteiger partial charge on any atom is -0.335 e. The first-order valence-corrected chi connectivity index (χ1v) is 6.49. The van der Waals surface area contributed by atoms with Crippen LogP contribution in [-0.2, 0) is 6.54 Å². The molecule has 1 fully saturated rings. The molecule has 4 N–H and O–H groups in total. The van der Waals surface area contributed by atoms with Gasteiger partial charge in [-0.3, -0.25) is 0 Å². The van der Waals surface area contributed by atoms with Crippen LogP contribution in [0.15, 0.2) is 24.3 Å². The fraction of sp³-hybridized carbons (Fsp3) is 0.500. The lowest BCUT2D eigenvalue weighted by atomic mass is 10.1. The molecule has 0 unspecified atom stereocenters. The van der Waals surface area contributed by atoms with Gasteiger partial charge in [-0.05, 0) is 31.7 Å². The molecule has 0 radical (unpaired) electrons. The highest BCUT2D eigenvalue weighted by Gasteiger charge is 2.22. The Hall–Kier alpha value is -1.55. The van der Waals surface area contributed by atoms with E-state index < -0.39 is 0 Å². The number of urea groups is 1. The van der Waals surface area contributed by atoms with E-state index in [1.54, 1.807) is 0 Å². The van der Waals surface area contributed by atoms with E-state index >= 15 is 0 Å². The molecule has 98 valence electrons. The average molecular weight is 247 g/mol. The van der Waals surface area contributed by atoms with Crippen molar-refractivity contribution < 1.29 is 4.79 Å². The highest BCUT2D eigenvalue weighted by atomic mass is 16.2. The number of benzene rings is 1. The number of amides is 2. The Labute approximate surface area is 108 Å². The van der Waals surface area contributed by atoms with Crippen LogP contribution in [0.4, 0.5) is 4.79 Å². The van der Waals surface area contributed by atoms with Gasteiger partial charge in [-0.1, -0.05) is 29.8 Å². The molecule has 0 saturated heterocycles. The van der Waals surface area contributed by atoms with E-state index in [0.717, 1.165) is 24.8 Å². The summed E-state index contributed by atoms with van der Waals surface area (Å²) in [5, 5.41) is 5.84. The molecule has 2 amide bonds. The van der Waals surface area contributed by atoms with Crippen LogP contribution in [0.1, 0.15) is 30.4 Å². The van der Waals surface area contributed by atoms with Crippen LogP contribution in [-0.4, -0.2) is 18.1 Å². The zero-order valence-electron chi connectivity index (χ0n) is 10.8. The molecule has 1 aromatic carbocycles. The number of carbonyl (C=O) groups excluding carboxylic acids is 1. The van der Waals surface area contributed by atoms with Gasteiger partial charge in [0.1, 0.15) is 0 Å². The second kappa shape index (κ2) is 5.87. The molecule has 0 aromatic heterocycles. The van der Waals surface area contributed by atoms with Crippen LogP contribution >= 0.6 is 0 Å². The summed E-state index contributed by atoms with van der Waals surface area (Å²) in [6.07, 6.45) is 2.87. The highest BCUT2D eigenvalue weighted by Crippen LogP contribution is 2.16. The van der Waals surface area contributed by atoms with Crippen LogP contribution in [0.3, 0.4) is 0 Å². The smallest absolute Gasteiger partial charge is 0.315 e. The SMILES string of the molecule is Cc1cccc(CNC(=O)N[C@@H]2CC[C@@H](N)C2)c1. The summed E-state index contributed by atoms with van der Waals surface area (Å²) in [5.41, 5.74) is 8.13. The van der Waals surface area contributed by atoms with Crippen LogP contribution < -0.4 is 16.4 Å². The molecule has 0 heterocycles. The zero-order chi connectivity index (χ0) is 13.0. The van der Waals surface area contributed by atoms with E-state index in [4.69, 9.17) is 5.73 Å². The molecular formula is C14H21N3O. The number of aryl methyl sites for hydroxylation is 1. The zero-order valence-corrected chi connectivity index (χ0v) is 10.8. The van der Waals surface area contributed by atoms with Crippen molar-refractivity contribution in [3.63, 3.8) is 0 Å². The minimum absolute atomic E-state index is 0.101. The normalized spacial score (nSPS) is 22.8. The first-order chi connectivity index (χ1) is 8.63. The molecule has 1 aliphatic carbocycles. The number of nitrogens with one attached hydrogen (secondary N) is 2. The maximum Gasteiger partial charge on any atom is 0.315 e. The molecule has 0 aliphatic heterocycles. The van der Waals surface area contributed by atoms with Gasteiger partial charge in [0.05, 0.1) is 0 Å². The van der Waals surface area contributed by atoms with E-state index in [9.17, 15) is 4.79 Å². The number of carbonyl (C=O) groups is 1. The van der Waals surface area contributed by atoms with Crippen molar-refractivity contribution in [1.82, 2.24) is 10.6 Å². The lowest BCUT2D eigenvalue weighted by Crippen LogP contribution is -2.41. The summed E-state index contributed by atoms with van der Waals surface area (Å²) >= 11 is 0. The summed E-state index contributed by atoms with van der Waals surface area (Å²) in [6.45, 7) is 2.61. The van der Waals surface area contributed by atoms with Crippen LogP contribution in [0.5, 0.6) is 0 Å². The summed E-state index contributed by atoms with van der Waals surface area (Å²) in [7, 11) is 0.